The Hall–Kier alpha value is -4.01. The lowest BCUT2D eigenvalue weighted by Gasteiger charge is -2.22. The van der Waals surface area contributed by atoms with Gasteiger partial charge in [-0.2, -0.15) is 0 Å². The first-order chi connectivity index (χ1) is 20.7. The highest BCUT2D eigenvalue weighted by Gasteiger charge is 2.30. The Morgan fingerprint density at radius 3 is 2.40 bits per heavy atom. The van der Waals surface area contributed by atoms with E-state index in [0.717, 1.165) is 36.0 Å². The van der Waals surface area contributed by atoms with Gasteiger partial charge >= 0.3 is 0 Å². The van der Waals surface area contributed by atoms with Crippen molar-refractivity contribution in [2.75, 3.05) is 33.2 Å². The number of fused-ring (bicyclic) bond motifs is 3. The Kier molecular flexibility index (Phi) is 10.7. The quantitative estimate of drug-likeness (QED) is 0.304. The van der Waals surface area contributed by atoms with Crippen LogP contribution in [0.2, 0.25) is 0 Å². The van der Waals surface area contributed by atoms with Crippen molar-refractivity contribution in [3.05, 3.63) is 57.3 Å². The van der Waals surface area contributed by atoms with Crippen molar-refractivity contribution in [1.82, 2.24) is 10.6 Å². The Morgan fingerprint density at radius 1 is 1.00 bits per heavy atom. The van der Waals surface area contributed by atoms with Crippen LogP contribution >= 0.6 is 0 Å². The largest absolute Gasteiger partial charge is 0.493 e. The molecule has 0 fully saturated rings. The van der Waals surface area contributed by atoms with Crippen LogP contribution in [0.15, 0.2) is 40.7 Å². The lowest BCUT2D eigenvalue weighted by atomic mass is 9.95. The normalized spacial score (nSPS) is 16.5. The zero-order chi connectivity index (χ0) is 31.1. The van der Waals surface area contributed by atoms with E-state index in [-0.39, 0.29) is 23.2 Å². The standard InChI is InChI=1S/C34H45N3O6/c1-20(2)31(34(40)35-17-16-22-10-8-7-9-11-22)37-27-15-13-24-25(19-28(27)39)26(36-21(3)38)14-12-23-18-29(41-4)32(42-5)33(43-6)30(23)24/h10,13,15,18-20,26,31H,7-9,11-12,14,16-17H2,1-6H3,(H,35,40)(H,36,38)(H,37,39). The zero-order valence-corrected chi connectivity index (χ0v) is 26.2. The van der Waals surface area contributed by atoms with Crippen LogP contribution in [0.1, 0.15) is 76.5 Å². The number of hydrogen-bond acceptors (Lipinski definition) is 7. The monoisotopic (exact) mass is 591 g/mol. The van der Waals surface area contributed by atoms with E-state index in [1.165, 1.54) is 25.3 Å². The van der Waals surface area contributed by atoms with Crippen molar-refractivity contribution in [3.8, 4) is 28.4 Å². The maximum absolute atomic E-state index is 13.7. The minimum absolute atomic E-state index is 0.0682. The van der Waals surface area contributed by atoms with E-state index in [0.29, 0.717) is 47.9 Å². The van der Waals surface area contributed by atoms with Crippen molar-refractivity contribution in [2.45, 2.75) is 77.8 Å². The molecule has 4 rings (SSSR count). The van der Waals surface area contributed by atoms with Crippen LogP contribution in [0.4, 0.5) is 5.69 Å². The topological polar surface area (TPSA) is 115 Å². The highest BCUT2D eigenvalue weighted by Crippen LogP contribution is 2.50. The molecule has 0 aromatic heterocycles. The number of methoxy groups -OCH3 is 3. The van der Waals surface area contributed by atoms with Crippen LogP contribution in [0.5, 0.6) is 17.2 Å². The van der Waals surface area contributed by atoms with Gasteiger partial charge < -0.3 is 30.2 Å². The first-order valence-electron chi connectivity index (χ1n) is 15.2. The van der Waals surface area contributed by atoms with Gasteiger partial charge in [0.1, 0.15) is 6.04 Å². The third-order valence-corrected chi connectivity index (χ3v) is 8.31. The molecule has 9 nitrogen and oxygen atoms in total. The van der Waals surface area contributed by atoms with E-state index in [9.17, 15) is 14.4 Å². The minimum Gasteiger partial charge on any atom is -0.493 e. The number of carbonyl (C=O) groups is 2. The molecule has 2 unspecified atom stereocenters. The summed E-state index contributed by atoms with van der Waals surface area (Å²) in [4.78, 5) is 39.3. The number of nitrogens with one attached hydrogen (secondary N) is 3. The molecule has 0 aliphatic heterocycles. The van der Waals surface area contributed by atoms with Gasteiger partial charge in [-0.3, -0.25) is 14.4 Å². The van der Waals surface area contributed by atoms with Gasteiger partial charge in [0.05, 0.1) is 33.1 Å². The van der Waals surface area contributed by atoms with Gasteiger partial charge in [-0.25, -0.2) is 0 Å². The van der Waals surface area contributed by atoms with E-state index < -0.39 is 12.1 Å². The van der Waals surface area contributed by atoms with Crippen LogP contribution in [0.25, 0.3) is 11.1 Å². The molecule has 3 N–H and O–H groups in total. The van der Waals surface area contributed by atoms with Crippen molar-refractivity contribution in [3.63, 3.8) is 0 Å². The fraction of sp³-hybridized carbons (Fsp3) is 0.500. The van der Waals surface area contributed by atoms with Gasteiger partial charge in [-0.1, -0.05) is 31.6 Å². The molecule has 2 atom stereocenters. The molecule has 2 aromatic rings. The highest BCUT2D eigenvalue weighted by molar-refractivity contribution is 5.86. The van der Waals surface area contributed by atoms with Crippen molar-refractivity contribution < 1.29 is 23.8 Å². The van der Waals surface area contributed by atoms with Gasteiger partial charge in [0, 0.05) is 19.0 Å². The van der Waals surface area contributed by atoms with Crippen molar-refractivity contribution in [2.24, 2.45) is 5.92 Å². The summed E-state index contributed by atoms with van der Waals surface area (Å²) in [5.74, 6) is 1.07. The molecule has 43 heavy (non-hydrogen) atoms. The number of hydrogen-bond donors (Lipinski definition) is 3. The average Bonchev–Trinajstić information content (AvgIpc) is 3.23. The molecule has 0 radical (unpaired) electrons. The van der Waals surface area contributed by atoms with Crippen LogP contribution < -0.4 is 35.6 Å². The number of benzene rings is 1. The van der Waals surface area contributed by atoms with Gasteiger partial charge in [-0.05, 0) is 85.8 Å². The number of carbonyl (C=O) groups excluding carboxylic acids is 2. The maximum Gasteiger partial charge on any atom is 0.242 e. The summed E-state index contributed by atoms with van der Waals surface area (Å²) in [5, 5.41) is 9.33. The molecular weight excluding hydrogens is 546 g/mol. The fourth-order valence-electron chi connectivity index (χ4n) is 6.12. The highest BCUT2D eigenvalue weighted by atomic mass is 16.5. The predicted octanol–water partition coefficient (Wildman–Crippen LogP) is 5.31. The number of amides is 2. The molecular formula is C34H45N3O6. The van der Waals surface area contributed by atoms with Gasteiger partial charge in [-0.15, -0.1) is 0 Å². The second-order valence-electron chi connectivity index (χ2n) is 11.6. The molecule has 9 heteroatoms. The molecule has 0 bridgehead atoms. The van der Waals surface area contributed by atoms with Crippen molar-refractivity contribution in [1.29, 1.82) is 0 Å². The summed E-state index contributed by atoms with van der Waals surface area (Å²) >= 11 is 0. The van der Waals surface area contributed by atoms with Gasteiger partial charge in [0.25, 0.3) is 0 Å². The van der Waals surface area contributed by atoms with E-state index in [2.05, 4.69) is 22.0 Å². The third-order valence-electron chi connectivity index (χ3n) is 8.31. The molecule has 2 aliphatic carbocycles. The average molecular weight is 592 g/mol. The second-order valence-corrected chi connectivity index (χ2v) is 11.6. The molecule has 0 saturated carbocycles. The third kappa shape index (κ3) is 7.32. The second kappa shape index (κ2) is 14.4. The van der Waals surface area contributed by atoms with Gasteiger partial charge in [0.2, 0.25) is 23.0 Å². The first kappa shape index (κ1) is 31.9. The molecule has 0 heterocycles. The summed E-state index contributed by atoms with van der Waals surface area (Å²) < 4.78 is 17.1. The number of ether oxygens (including phenoxy) is 3. The number of anilines is 1. The summed E-state index contributed by atoms with van der Waals surface area (Å²) in [6.45, 7) is 5.94. The van der Waals surface area contributed by atoms with Crippen LogP contribution in [-0.4, -0.2) is 45.7 Å². The van der Waals surface area contributed by atoms with E-state index in [1.54, 1.807) is 33.5 Å². The molecule has 2 aliphatic rings. The van der Waals surface area contributed by atoms with Crippen LogP contribution in [-0.2, 0) is 16.0 Å². The van der Waals surface area contributed by atoms with E-state index >= 15 is 0 Å². The molecule has 0 spiro atoms. The van der Waals surface area contributed by atoms with Gasteiger partial charge in [0.15, 0.2) is 11.5 Å². The van der Waals surface area contributed by atoms with Crippen LogP contribution in [0, 0.1) is 5.92 Å². The number of allylic oxidation sites excluding steroid dienone is 1. The smallest absolute Gasteiger partial charge is 0.242 e. The number of aryl methyl sites for hydroxylation is 1. The maximum atomic E-state index is 13.7. The van der Waals surface area contributed by atoms with Crippen molar-refractivity contribution >= 4 is 17.5 Å². The zero-order valence-electron chi connectivity index (χ0n) is 26.2. The molecule has 0 saturated heterocycles. The Labute approximate surface area is 254 Å². The first-order valence-corrected chi connectivity index (χ1v) is 15.2. The summed E-state index contributed by atoms with van der Waals surface area (Å²) in [7, 11) is 4.69. The molecule has 2 aromatic carbocycles. The SMILES string of the molecule is COc1cc2c(c(OC)c1OC)-c1ccc(NC(C(=O)NCCC3=CCCCC3)C(C)C)c(=O)cc1C(NC(C)=O)CC2. The Bertz CT molecular complexity index is 1430. The van der Waals surface area contributed by atoms with Crippen LogP contribution in [0.3, 0.4) is 0 Å². The minimum atomic E-state index is -0.604. The molecule has 2 amide bonds. The summed E-state index contributed by atoms with van der Waals surface area (Å²) in [6.07, 6.45) is 8.96. The van der Waals surface area contributed by atoms with E-state index in [1.807, 2.05) is 26.0 Å². The Morgan fingerprint density at radius 2 is 1.77 bits per heavy atom. The number of rotatable bonds is 11. The lowest BCUT2D eigenvalue weighted by molar-refractivity contribution is -0.122. The summed E-state index contributed by atoms with van der Waals surface area (Å²) in [5.41, 5.74) is 4.57. The predicted molar refractivity (Wildman–Crippen MR) is 169 cm³/mol. The fourth-order valence-corrected chi connectivity index (χ4v) is 6.12. The molecule has 232 valence electrons. The summed E-state index contributed by atoms with van der Waals surface area (Å²) in [6, 6.07) is 6.04. The lowest BCUT2D eigenvalue weighted by Crippen LogP contribution is -2.44. The Balaban J connectivity index is 1.74. The van der Waals surface area contributed by atoms with E-state index in [4.69, 9.17) is 14.2 Å².